The first kappa shape index (κ1) is 15.3. The second-order valence-electron chi connectivity index (χ2n) is 6.65. The molecule has 112 valence electrons. The molecule has 1 atom stereocenters. The van der Waals surface area contributed by atoms with Gasteiger partial charge in [0.2, 0.25) is 0 Å². The van der Waals surface area contributed by atoms with E-state index in [2.05, 4.69) is 12.2 Å². The Balaban J connectivity index is 1.69. The van der Waals surface area contributed by atoms with Crippen LogP contribution in [0.4, 0.5) is 0 Å². The monoisotopic (exact) mass is 267 g/mol. The summed E-state index contributed by atoms with van der Waals surface area (Å²) in [7, 11) is 0. The molecule has 2 fully saturated rings. The summed E-state index contributed by atoms with van der Waals surface area (Å²) >= 11 is 0. The van der Waals surface area contributed by atoms with Crippen molar-refractivity contribution in [2.24, 2.45) is 11.8 Å². The van der Waals surface area contributed by atoms with Crippen LogP contribution in [0.2, 0.25) is 0 Å². The van der Waals surface area contributed by atoms with Gasteiger partial charge < -0.3 is 10.1 Å². The fraction of sp³-hybridized carbons (Fsp3) is 1.00. The molecule has 1 N–H and O–H groups in total. The van der Waals surface area contributed by atoms with E-state index in [4.69, 9.17) is 4.74 Å². The molecule has 0 aliphatic heterocycles. The molecule has 0 aromatic carbocycles. The molecule has 2 saturated carbocycles. The third-order valence-electron chi connectivity index (χ3n) is 5.00. The van der Waals surface area contributed by atoms with Crippen LogP contribution >= 0.6 is 0 Å². The van der Waals surface area contributed by atoms with Gasteiger partial charge >= 0.3 is 0 Å². The predicted molar refractivity (Wildman–Crippen MR) is 81.4 cm³/mol. The molecule has 2 nitrogen and oxygen atoms in total. The zero-order valence-electron chi connectivity index (χ0n) is 12.8. The van der Waals surface area contributed by atoms with Gasteiger partial charge in [0, 0.05) is 12.6 Å². The summed E-state index contributed by atoms with van der Waals surface area (Å²) in [5, 5.41) is 3.74. The minimum atomic E-state index is 0.613. The average Bonchev–Trinajstić information content (AvgIpc) is 2.97. The standard InChI is InChI=1S/C17H33NO/c1-2-12-18-17(16-10-4-3-5-11-16)14-19-13-15-8-6-7-9-15/h15-18H,2-14H2,1H3. The van der Waals surface area contributed by atoms with E-state index >= 15 is 0 Å². The summed E-state index contributed by atoms with van der Waals surface area (Å²) in [4.78, 5) is 0. The summed E-state index contributed by atoms with van der Waals surface area (Å²) in [6.07, 6.45) is 14.0. The number of hydrogen-bond donors (Lipinski definition) is 1. The van der Waals surface area contributed by atoms with Crippen LogP contribution in [0.25, 0.3) is 0 Å². The Labute approximate surface area is 119 Å². The van der Waals surface area contributed by atoms with Gasteiger partial charge in [-0.25, -0.2) is 0 Å². The fourth-order valence-corrected chi connectivity index (χ4v) is 3.77. The smallest absolute Gasteiger partial charge is 0.0622 e. The summed E-state index contributed by atoms with van der Waals surface area (Å²) < 4.78 is 6.07. The quantitative estimate of drug-likeness (QED) is 0.713. The maximum absolute atomic E-state index is 6.07. The van der Waals surface area contributed by atoms with Crippen LogP contribution in [0, 0.1) is 11.8 Å². The molecular formula is C17H33NO. The van der Waals surface area contributed by atoms with Crippen LogP contribution in [-0.2, 0) is 4.74 Å². The van der Waals surface area contributed by atoms with Crippen molar-refractivity contribution in [3.63, 3.8) is 0 Å². The van der Waals surface area contributed by atoms with Crippen LogP contribution in [0.15, 0.2) is 0 Å². The lowest BCUT2D eigenvalue weighted by atomic mass is 9.84. The van der Waals surface area contributed by atoms with Crippen molar-refractivity contribution in [2.75, 3.05) is 19.8 Å². The van der Waals surface area contributed by atoms with Crippen LogP contribution in [0.1, 0.15) is 71.1 Å². The van der Waals surface area contributed by atoms with Crippen molar-refractivity contribution in [3.8, 4) is 0 Å². The first-order chi connectivity index (χ1) is 9.40. The van der Waals surface area contributed by atoms with Crippen molar-refractivity contribution < 1.29 is 4.74 Å². The van der Waals surface area contributed by atoms with E-state index < -0.39 is 0 Å². The van der Waals surface area contributed by atoms with Gasteiger partial charge in [0.05, 0.1) is 6.61 Å². The molecule has 0 radical (unpaired) electrons. The van der Waals surface area contributed by atoms with E-state index in [1.165, 1.54) is 64.2 Å². The summed E-state index contributed by atoms with van der Waals surface area (Å²) in [6, 6.07) is 0.613. The van der Waals surface area contributed by atoms with E-state index in [1.807, 2.05) is 0 Å². The third-order valence-corrected chi connectivity index (χ3v) is 5.00. The van der Waals surface area contributed by atoms with Crippen molar-refractivity contribution >= 4 is 0 Å². The lowest BCUT2D eigenvalue weighted by molar-refractivity contribution is 0.0623. The van der Waals surface area contributed by atoms with Crippen molar-refractivity contribution in [1.29, 1.82) is 0 Å². The highest BCUT2D eigenvalue weighted by molar-refractivity contribution is 4.79. The van der Waals surface area contributed by atoms with E-state index in [9.17, 15) is 0 Å². The third kappa shape index (κ3) is 5.43. The van der Waals surface area contributed by atoms with E-state index in [1.54, 1.807) is 0 Å². The number of hydrogen-bond acceptors (Lipinski definition) is 2. The normalized spacial score (nSPS) is 23.8. The number of rotatable bonds is 8. The zero-order valence-corrected chi connectivity index (χ0v) is 12.8. The molecule has 19 heavy (non-hydrogen) atoms. The summed E-state index contributed by atoms with van der Waals surface area (Å²) in [5.74, 6) is 1.72. The van der Waals surface area contributed by atoms with E-state index in [0.717, 1.165) is 31.6 Å². The Morgan fingerprint density at radius 3 is 2.37 bits per heavy atom. The number of ether oxygens (including phenoxy) is 1. The summed E-state index contributed by atoms with van der Waals surface area (Å²) in [5.41, 5.74) is 0. The Morgan fingerprint density at radius 1 is 1.00 bits per heavy atom. The van der Waals surface area contributed by atoms with E-state index in [0.29, 0.717) is 6.04 Å². The molecular weight excluding hydrogens is 234 g/mol. The maximum atomic E-state index is 6.07. The molecule has 0 saturated heterocycles. The van der Waals surface area contributed by atoms with Gasteiger partial charge in [0.1, 0.15) is 0 Å². The Morgan fingerprint density at radius 2 is 1.68 bits per heavy atom. The molecule has 2 rings (SSSR count). The molecule has 0 bridgehead atoms. The van der Waals surface area contributed by atoms with Gasteiger partial charge in [-0.05, 0) is 50.5 Å². The van der Waals surface area contributed by atoms with Gasteiger partial charge in [-0.2, -0.15) is 0 Å². The first-order valence-electron chi connectivity index (χ1n) is 8.71. The van der Waals surface area contributed by atoms with Crippen molar-refractivity contribution in [3.05, 3.63) is 0 Å². The lowest BCUT2D eigenvalue weighted by Crippen LogP contribution is -2.41. The molecule has 0 aromatic heterocycles. The molecule has 1 unspecified atom stereocenters. The van der Waals surface area contributed by atoms with Crippen LogP contribution in [0.3, 0.4) is 0 Å². The second kappa shape index (κ2) is 8.97. The molecule has 0 heterocycles. The van der Waals surface area contributed by atoms with Crippen LogP contribution in [-0.4, -0.2) is 25.8 Å². The molecule has 2 heteroatoms. The molecule has 2 aliphatic carbocycles. The van der Waals surface area contributed by atoms with Gasteiger partial charge in [0.25, 0.3) is 0 Å². The molecule has 0 spiro atoms. The topological polar surface area (TPSA) is 21.3 Å². The minimum absolute atomic E-state index is 0.613. The summed E-state index contributed by atoms with van der Waals surface area (Å²) in [6.45, 7) is 5.36. The molecule has 0 amide bonds. The first-order valence-corrected chi connectivity index (χ1v) is 8.71. The minimum Gasteiger partial charge on any atom is -0.380 e. The SMILES string of the molecule is CCCNC(COCC1CCCC1)C1CCCCC1. The highest BCUT2D eigenvalue weighted by atomic mass is 16.5. The fourth-order valence-electron chi connectivity index (χ4n) is 3.77. The van der Waals surface area contributed by atoms with Gasteiger partial charge in [-0.1, -0.05) is 39.0 Å². The highest BCUT2D eigenvalue weighted by Crippen LogP contribution is 2.28. The molecule has 0 aromatic rings. The van der Waals surface area contributed by atoms with Crippen molar-refractivity contribution in [1.82, 2.24) is 5.32 Å². The predicted octanol–water partition coefficient (Wildman–Crippen LogP) is 4.14. The Kier molecular flexibility index (Phi) is 7.23. The van der Waals surface area contributed by atoms with Crippen LogP contribution < -0.4 is 5.32 Å². The molecule has 2 aliphatic rings. The Hall–Kier alpha value is -0.0800. The van der Waals surface area contributed by atoms with E-state index in [-0.39, 0.29) is 0 Å². The average molecular weight is 267 g/mol. The van der Waals surface area contributed by atoms with Gasteiger partial charge in [0.15, 0.2) is 0 Å². The highest BCUT2D eigenvalue weighted by Gasteiger charge is 2.24. The van der Waals surface area contributed by atoms with Crippen molar-refractivity contribution in [2.45, 2.75) is 77.2 Å². The van der Waals surface area contributed by atoms with Crippen LogP contribution in [0.5, 0.6) is 0 Å². The van der Waals surface area contributed by atoms with Gasteiger partial charge in [-0.15, -0.1) is 0 Å². The lowest BCUT2D eigenvalue weighted by Gasteiger charge is -2.31. The second-order valence-corrected chi connectivity index (χ2v) is 6.65. The number of nitrogens with one attached hydrogen (secondary N) is 1. The Bertz CT molecular complexity index is 219. The maximum Gasteiger partial charge on any atom is 0.0622 e. The van der Waals surface area contributed by atoms with Gasteiger partial charge in [-0.3, -0.25) is 0 Å². The zero-order chi connectivity index (χ0) is 13.3. The largest absolute Gasteiger partial charge is 0.380 e.